The number of ether oxygens (including phenoxy) is 2. The maximum atomic E-state index is 12.5. The Labute approximate surface area is 155 Å². The number of imidazole rings is 1. The first-order valence-electron chi connectivity index (χ1n) is 8.56. The molecule has 7 nitrogen and oxygen atoms in total. The van der Waals surface area contributed by atoms with Gasteiger partial charge in [0.2, 0.25) is 5.91 Å². The fraction of sp³-hybridized carbons (Fsp3) is 0.389. The van der Waals surface area contributed by atoms with E-state index in [2.05, 4.69) is 15.3 Å². The Kier molecular flexibility index (Phi) is 5.24. The molecule has 4 rings (SSSR count). The minimum Gasteiger partial charge on any atom is -0.379 e. The van der Waals surface area contributed by atoms with Gasteiger partial charge >= 0.3 is 0 Å². The molecule has 3 aromatic heterocycles. The lowest BCUT2D eigenvalue weighted by molar-refractivity contribution is -0.126. The zero-order valence-electron chi connectivity index (χ0n) is 14.2. The number of carbonyl (C=O) groups is 1. The van der Waals surface area contributed by atoms with Crippen molar-refractivity contribution in [2.75, 3.05) is 13.2 Å². The van der Waals surface area contributed by atoms with Gasteiger partial charge in [-0.25, -0.2) is 9.97 Å². The molecule has 4 heterocycles. The molecule has 1 aliphatic rings. The Balaban J connectivity index is 1.37. The highest BCUT2D eigenvalue weighted by atomic mass is 32.1. The first-order chi connectivity index (χ1) is 12.8. The van der Waals surface area contributed by atoms with Crippen LogP contribution in [-0.2, 0) is 27.3 Å². The molecule has 0 spiro atoms. The number of thiazole rings is 1. The van der Waals surface area contributed by atoms with E-state index in [0.717, 1.165) is 23.5 Å². The van der Waals surface area contributed by atoms with Gasteiger partial charge in [-0.15, -0.1) is 11.3 Å². The van der Waals surface area contributed by atoms with Gasteiger partial charge in [0, 0.05) is 24.4 Å². The van der Waals surface area contributed by atoms with Crippen molar-refractivity contribution < 1.29 is 14.3 Å². The number of nitrogens with one attached hydrogen (secondary N) is 1. The van der Waals surface area contributed by atoms with Gasteiger partial charge in [0.1, 0.15) is 5.65 Å². The summed E-state index contributed by atoms with van der Waals surface area (Å²) in [7, 11) is 0. The van der Waals surface area contributed by atoms with Gasteiger partial charge < -0.3 is 19.2 Å². The second-order valence-corrected chi connectivity index (χ2v) is 6.94. The van der Waals surface area contributed by atoms with Gasteiger partial charge in [-0.1, -0.05) is 6.07 Å². The van der Waals surface area contributed by atoms with E-state index in [-0.39, 0.29) is 24.5 Å². The van der Waals surface area contributed by atoms with E-state index in [9.17, 15) is 4.79 Å². The maximum absolute atomic E-state index is 12.5. The number of hydrogen-bond donors (Lipinski definition) is 1. The quantitative estimate of drug-likeness (QED) is 0.714. The Morgan fingerprint density at radius 1 is 1.42 bits per heavy atom. The van der Waals surface area contributed by atoms with Gasteiger partial charge in [0.05, 0.1) is 48.7 Å². The van der Waals surface area contributed by atoms with Crippen LogP contribution in [0.1, 0.15) is 17.8 Å². The van der Waals surface area contributed by atoms with Gasteiger partial charge in [0.25, 0.3) is 0 Å². The lowest BCUT2D eigenvalue weighted by Crippen LogP contribution is -2.51. The smallest absolute Gasteiger partial charge is 0.226 e. The summed E-state index contributed by atoms with van der Waals surface area (Å²) in [6.45, 7) is 1.55. The van der Waals surface area contributed by atoms with Crippen molar-refractivity contribution in [2.45, 2.75) is 31.6 Å². The average Bonchev–Trinajstić information content (AvgIpc) is 3.31. The molecular formula is C18H20N4O3S. The maximum Gasteiger partial charge on any atom is 0.226 e. The Morgan fingerprint density at radius 2 is 2.38 bits per heavy atom. The summed E-state index contributed by atoms with van der Waals surface area (Å²) < 4.78 is 13.4. The molecule has 1 saturated heterocycles. The molecule has 0 bridgehead atoms. The lowest BCUT2D eigenvalue weighted by atomic mass is 10.1. The second kappa shape index (κ2) is 7.94. The monoisotopic (exact) mass is 372 g/mol. The number of nitrogens with zero attached hydrogens (tertiary/aromatic N) is 3. The minimum absolute atomic E-state index is 0.0617. The highest BCUT2D eigenvalue weighted by Gasteiger charge is 2.28. The normalized spacial score (nSPS) is 20.3. The molecule has 0 radical (unpaired) electrons. The molecule has 1 fully saturated rings. The molecule has 2 atom stereocenters. The van der Waals surface area contributed by atoms with Crippen LogP contribution in [0.2, 0.25) is 0 Å². The van der Waals surface area contributed by atoms with Crippen LogP contribution in [0.15, 0.2) is 41.5 Å². The molecule has 26 heavy (non-hydrogen) atoms. The van der Waals surface area contributed by atoms with Gasteiger partial charge in [0.15, 0.2) is 0 Å². The van der Waals surface area contributed by atoms with Crippen LogP contribution >= 0.6 is 11.3 Å². The van der Waals surface area contributed by atoms with Crippen LogP contribution in [-0.4, -0.2) is 45.6 Å². The van der Waals surface area contributed by atoms with E-state index in [0.29, 0.717) is 19.8 Å². The Bertz CT molecular complexity index is 864. The van der Waals surface area contributed by atoms with Crippen molar-refractivity contribution in [3.05, 3.63) is 52.9 Å². The molecule has 1 N–H and O–H groups in total. The zero-order valence-corrected chi connectivity index (χ0v) is 15.0. The molecule has 0 saturated carbocycles. The van der Waals surface area contributed by atoms with E-state index in [1.165, 1.54) is 0 Å². The highest BCUT2D eigenvalue weighted by molar-refractivity contribution is 7.07. The Hall–Kier alpha value is -2.29. The molecular weight excluding hydrogens is 352 g/mol. The summed E-state index contributed by atoms with van der Waals surface area (Å²) in [6, 6.07) is 5.61. The molecule has 3 aromatic rings. The fourth-order valence-electron chi connectivity index (χ4n) is 3.09. The summed E-state index contributed by atoms with van der Waals surface area (Å²) in [6.07, 6.45) is 4.60. The average molecular weight is 372 g/mol. The summed E-state index contributed by atoms with van der Waals surface area (Å²) in [5, 5.41) is 5.02. The molecule has 8 heteroatoms. The van der Waals surface area contributed by atoms with Crippen LogP contribution in [0.25, 0.3) is 5.65 Å². The summed E-state index contributed by atoms with van der Waals surface area (Å²) in [5.74, 6) is -0.0617. The van der Waals surface area contributed by atoms with Crippen LogP contribution in [0.5, 0.6) is 0 Å². The highest BCUT2D eigenvalue weighted by Crippen LogP contribution is 2.15. The van der Waals surface area contributed by atoms with E-state index >= 15 is 0 Å². The molecule has 1 aliphatic heterocycles. The van der Waals surface area contributed by atoms with Crippen molar-refractivity contribution in [1.29, 1.82) is 0 Å². The number of hydrogen-bond acceptors (Lipinski definition) is 6. The van der Waals surface area contributed by atoms with Crippen molar-refractivity contribution in [3.63, 3.8) is 0 Å². The van der Waals surface area contributed by atoms with E-state index in [1.54, 1.807) is 23.0 Å². The molecule has 136 valence electrons. The number of rotatable bonds is 6. The van der Waals surface area contributed by atoms with Gasteiger partial charge in [-0.2, -0.15) is 0 Å². The first-order valence-corrected chi connectivity index (χ1v) is 9.50. The van der Waals surface area contributed by atoms with Crippen molar-refractivity contribution in [3.8, 4) is 0 Å². The van der Waals surface area contributed by atoms with E-state index in [1.807, 2.05) is 34.2 Å². The largest absolute Gasteiger partial charge is 0.379 e. The van der Waals surface area contributed by atoms with Crippen molar-refractivity contribution >= 4 is 22.9 Å². The zero-order chi connectivity index (χ0) is 17.8. The minimum atomic E-state index is -0.158. The third kappa shape index (κ3) is 3.92. The topological polar surface area (TPSA) is 77.8 Å². The van der Waals surface area contributed by atoms with Crippen LogP contribution in [0.3, 0.4) is 0 Å². The predicted molar refractivity (Wildman–Crippen MR) is 97.0 cm³/mol. The summed E-state index contributed by atoms with van der Waals surface area (Å²) in [5.41, 5.74) is 4.39. The van der Waals surface area contributed by atoms with E-state index in [4.69, 9.17) is 9.47 Å². The van der Waals surface area contributed by atoms with Crippen molar-refractivity contribution in [1.82, 2.24) is 19.7 Å². The fourth-order valence-corrected chi connectivity index (χ4v) is 3.63. The SMILES string of the molecule is O=C(Cc1cnc2ccccn12)N[C@@H]1COCC[C@@H]1OCc1cscn1. The molecule has 0 aromatic carbocycles. The molecule has 0 aliphatic carbocycles. The predicted octanol–water partition coefficient (Wildman–Crippen LogP) is 1.82. The van der Waals surface area contributed by atoms with Crippen LogP contribution < -0.4 is 5.32 Å². The molecule has 1 amide bonds. The van der Waals surface area contributed by atoms with Gasteiger partial charge in [-0.05, 0) is 18.6 Å². The lowest BCUT2D eigenvalue weighted by Gasteiger charge is -2.32. The van der Waals surface area contributed by atoms with Crippen LogP contribution in [0.4, 0.5) is 0 Å². The standard InChI is InChI=1S/C18H20N4O3S/c23-18(7-14-8-19-17-3-1-2-5-22(14)17)21-15-10-24-6-4-16(15)25-9-13-11-26-12-20-13/h1-3,5,8,11-12,15-16H,4,6-7,9-10H2,(H,21,23)/t15-,16+/m1/s1. The van der Waals surface area contributed by atoms with E-state index < -0.39 is 0 Å². The Morgan fingerprint density at radius 3 is 3.27 bits per heavy atom. The number of pyridine rings is 1. The summed E-state index contributed by atoms with van der Waals surface area (Å²) in [4.78, 5) is 21.1. The van der Waals surface area contributed by atoms with Crippen LogP contribution in [0, 0.1) is 0 Å². The third-order valence-corrected chi connectivity index (χ3v) is 5.04. The number of aromatic nitrogens is 3. The molecule has 0 unspecified atom stereocenters. The van der Waals surface area contributed by atoms with Crippen molar-refractivity contribution in [2.24, 2.45) is 0 Å². The number of fused-ring (bicyclic) bond motifs is 1. The number of amides is 1. The first kappa shape index (κ1) is 17.1. The van der Waals surface area contributed by atoms with Gasteiger partial charge in [-0.3, -0.25) is 4.79 Å². The second-order valence-electron chi connectivity index (χ2n) is 6.22. The third-order valence-electron chi connectivity index (χ3n) is 4.40. The number of carbonyl (C=O) groups excluding carboxylic acids is 1. The summed E-state index contributed by atoms with van der Waals surface area (Å²) >= 11 is 1.55.